The van der Waals surface area contributed by atoms with Crippen LogP contribution in [0.5, 0.6) is 0 Å². The fraction of sp³-hybridized carbons (Fsp3) is 0.750. The smallest absolute Gasteiger partial charge is 0.418 e. The molecule has 0 N–H and O–H groups in total. The third kappa shape index (κ3) is 20.9. The Labute approximate surface area is 162 Å². The molecule has 27 heavy (non-hydrogen) atoms. The van der Waals surface area contributed by atoms with Gasteiger partial charge >= 0.3 is 7.25 Å². The summed E-state index contributed by atoms with van der Waals surface area (Å²) < 4.78 is 43.3. The van der Waals surface area contributed by atoms with Crippen LogP contribution in [0, 0.1) is 0 Å². The first-order valence-electron chi connectivity index (χ1n) is 10.4. The Kier molecular flexibility index (Phi) is 16.1. The van der Waals surface area contributed by atoms with Gasteiger partial charge < -0.3 is 17.3 Å². The van der Waals surface area contributed by atoms with E-state index < -0.39 is 7.25 Å². The van der Waals surface area contributed by atoms with E-state index in [9.17, 15) is 17.3 Å². The van der Waals surface area contributed by atoms with Crippen LogP contribution in [0.2, 0.25) is 0 Å². The van der Waals surface area contributed by atoms with Crippen molar-refractivity contribution in [1.82, 2.24) is 4.57 Å². The first-order chi connectivity index (χ1) is 12.9. The first kappa shape index (κ1) is 25.7. The summed E-state index contributed by atoms with van der Waals surface area (Å²) in [5.74, 6) is 0. The molecule has 0 radical (unpaired) electrons. The number of unbranched alkanes of at least 4 members (excludes halogenated alkanes) is 12. The zero-order valence-electron chi connectivity index (χ0n) is 16.9. The number of aromatic nitrogens is 2. The van der Waals surface area contributed by atoms with Crippen molar-refractivity contribution in [3.8, 4) is 0 Å². The van der Waals surface area contributed by atoms with Gasteiger partial charge in [-0.3, -0.25) is 0 Å². The SMILES string of the molecule is C=Cn1cc[n+](CCCCCCCCCCCCCCC)c1.F[B-](F)(F)F. The Morgan fingerprint density at radius 3 is 1.59 bits per heavy atom. The monoisotopic (exact) mass is 392 g/mol. The van der Waals surface area contributed by atoms with Gasteiger partial charge in [-0.25, -0.2) is 9.13 Å². The van der Waals surface area contributed by atoms with Crippen LogP contribution >= 0.6 is 0 Å². The number of halogens is 4. The molecule has 0 unspecified atom stereocenters. The quantitative estimate of drug-likeness (QED) is 0.128. The molecule has 0 fully saturated rings. The van der Waals surface area contributed by atoms with Crippen LogP contribution in [0.15, 0.2) is 25.3 Å². The molecule has 0 saturated carbocycles. The molecule has 0 aliphatic rings. The van der Waals surface area contributed by atoms with Gasteiger partial charge in [0.25, 0.3) is 0 Å². The Balaban J connectivity index is 0.00000119. The highest BCUT2D eigenvalue weighted by molar-refractivity contribution is 6.50. The van der Waals surface area contributed by atoms with E-state index in [0.717, 1.165) is 6.54 Å². The molecule has 1 aromatic rings. The van der Waals surface area contributed by atoms with Gasteiger partial charge in [0.05, 0.1) is 12.7 Å². The van der Waals surface area contributed by atoms with Crippen LogP contribution in [0.25, 0.3) is 6.20 Å². The van der Waals surface area contributed by atoms with Crippen molar-refractivity contribution < 1.29 is 21.8 Å². The van der Waals surface area contributed by atoms with Gasteiger partial charge in [-0.15, -0.1) is 0 Å². The molecule has 0 aromatic carbocycles. The average molecular weight is 392 g/mol. The summed E-state index contributed by atoms with van der Waals surface area (Å²) in [6, 6.07) is 0. The summed E-state index contributed by atoms with van der Waals surface area (Å²) in [6.45, 7) is 7.19. The van der Waals surface area contributed by atoms with Gasteiger partial charge in [0.1, 0.15) is 12.4 Å². The fourth-order valence-electron chi connectivity index (χ4n) is 2.96. The van der Waals surface area contributed by atoms with E-state index in [1.165, 1.54) is 83.5 Å². The highest BCUT2D eigenvalue weighted by Crippen LogP contribution is 2.12. The Hall–Kier alpha value is -1.27. The number of hydrogen-bond acceptors (Lipinski definition) is 0. The van der Waals surface area contributed by atoms with E-state index in [-0.39, 0.29) is 0 Å². The summed E-state index contributed by atoms with van der Waals surface area (Å²) in [5, 5.41) is 0. The Bertz CT molecular complexity index is 455. The van der Waals surface area contributed by atoms with Gasteiger partial charge in [-0.1, -0.05) is 84.1 Å². The number of aryl methyl sites for hydroxylation is 1. The van der Waals surface area contributed by atoms with E-state index in [1.807, 2.05) is 10.8 Å². The lowest BCUT2D eigenvalue weighted by Crippen LogP contribution is -2.30. The van der Waals surface area contributed by atoms with Crippen LogP contribution < -0.4 is 4.57 Å². The summed E-state index contributed by atoms with van der Waals surface area (Å²) in [5.41, 5.74) is 0. The number of nitrogens with zero attached hydrogens (tertiary/aromatic N) is 2. The van der Waals surface area contributed by atoms with Gasteiger partial charge in [-0.2, -0.15) is 0 Å². The van der Waals surface area contributed by atoms with Crippen molar-refractivity contribution >= 4 is 13.5 Å². The minimum Gasteiger partial charge on any atom is -0.418 e. The van der Waals surface area contributed by atoms with Gasteiger partial charge in [0.15, 0.2) is 0 Å². The fourth-order valence-corrected chi connectivity index (χ4v) is 2.96. The first-order valence-corrected chi connectivity index (χ1v) is 10.4. The minimum absolute atomic E-state index is 1.14. The molecule has 0 atom stereocenters. The molecule has 1 rings (SSSR count). The second-order valence-corrected chi connectivity index (χ2v) is 7.02. The summed E-state index contributed by atoms with van der Waals surface area (Å²) in [6.07, 6.45) is 26.6. The predicted molar refractivity (Wildman–Crippen MR) is 107 cm³/mol. The molecule has 1 heterocycles. The lowest BCUT2D eigenvalue weighted by Gasteiger charge is -2.02. The minimum atomic E-state index is -6.00. The zero-order valence-corrected chi connectivity index (χ0v) is 16.9. The summed E-state index contributed by atoms with van der Waals surface area (Å²) in [7, 11) is -6.00. The third-order valence-electron chi connectivity index (χ3n) is 4.44. The Morgan fingerprint density at radius 2 is 1.22 bits per heavy atom. The van der Waals surface area contributed by atoms with E-state index in [4.69, 9.17) is 0 Å². The molecular formula is C20H37BF4N2. The van der Waals surface area contributed by atoms with E-state index in [2.05, 4.69) is 36.8 Å². The molecule has 0 saturated heterocycles. The maximum Gasteiger partial charge on any atom is 0.673 e. The van der Waals surface area contributed by atoms with Crippen molar-refractivity contribution in [3.63, 3.8) is 0 Å². The second kappa shape index (κ2) is 16.9. The molecule has 0 amide bonds. The largest absolute Gasteiger partial charge is 0.673 e. The van der Waals surface area contributed by atoms with Crippen molar-refractivity contribution in [2.24, 2.45) is 0 Å². The van der Waals surface area contributed by atoms with Crippen molar-refractivity contribution in [1.29, 1.82) is 0 Å². The van der Waals surface area contributed by atoms with Crippen LogP contribution in [0.1, 0.15) is 90.4 Å². The second-order valence-electron chi connectivity index (χ2n) is 7.02. The van der Waals surface area contributed by atoms with E-state index in [1.54, 1.807) is 0 Å². The highest BCUT2D eigenvalue weighted by Gasteiger charge is 2.20. The summed E-state index contributed by atoms with van der Waals surface area (Å²) >= 11 is 0. The maximum atomic E-state index is 9.75. The van der Waals surface area contributed by atoms with Gasteiger partial charge in [-0.05, 0) is 12.8 Å². The van der Waals surface area contributed by atoms with Crippen LogP contribution in [0.4, 0.5) is 17.3 Å². The standard InChI is InChI=1S/C20H37N2.BF4/c1-3-5-6-7-8-9-10-11-12-13-14-15-16-17-22-19-18-21(4-2)20-22;2-1(3,4)5/h4,18-20H,2-3,5-17H2,1H3;/q+1;-1. The molecule has 2 nitrogen and oxygen atoms in total. The number of rotatable bonds is 15. The van der Waals surface area contributed by atoms with Crippen molar-refractivity contribution in [2.45, 2.75) is 96.9 Å². The Morgan fingerprint density at radius 1 is 0.815 bits per heavy atom. The maximum absolute atomic E-state index is 9.75. The number of hydrogen-bond donors (Lipinski definition) is 0. The molecule has 0 aliphatic heterocycles. The third-order valence-corrected chi connectivity index (χ3v) is 4.44. The van der Waals surface area contributed by atoms with Gasteiger partial charge in [0, 0.05) is 0 Å². The lowest BCUT2D eigenvalue weighted by atomic mass is 10.0. The topological polar surface area (TPSA) is 8.81 Å². The molecular weight excluding hydrogens is 355 g/mol. The summed E-state index contributed by atoms with van der Waals surface area (Å²) in [4.78, 5) is 0. The molecule has 0 bridgehead atoms. The van der Waals surface area contributed by atoms with E-state index in [0.29, 0.717) is 0 Å². The molecule has 0 aliphatic carbocycles. The zero-order chi connectivity index (χ0) is 20.4. The van der Waals surface area contributed by atoms with Gasteiger partial charge in [0.2, 0.25) is 6.33 Å². The normalized spacial score (nSPS) is 11.1. The highest BCUT2D eigenvalue weighted by atomic mass is 19.5. The number of imidazole rings is 1. The van der Waals surface area contributed by atoms with E-state index >= 15 is 0 Å². The molecule has 1 aromatic heterocycles. The molecule has 158 valence electrons. The predicted octanol–water partition coefficient (Wildman–Crippen LogP) is 7.27. The van der Waals surface area contributed by atoms with Crippen molar-refractivity contribution in [3.05, 3.63) is 25.3 Å². The van der Waals surface area contributed by atoms with Crippen LogP contribution in [-0.2, 0) is 6.54 Å². The van der Waals surface area contributed by atoms with Crippen LogP contribution in [-0.4, -0.2) is 11.8 Å². The lowest BCUT2D eigenvalue weighted by molar-refractivity contribution is -0.696. The molecule has 7 heteroatoms. The van der Waals surface area contributed by atoms with Crippen molar-refractivity contribution in [2.75, 3.05) is 0 Å². The molecule has 0 spiro atoms. The van der Waals surface area contributed by atoms with Crippen LogP contribution in [0.3, 0.4) is 0 Å². The average Bonchev–Trinajstić information content (AvgIpc) is 3.05.